The van der Waals surface area contributed by atoms with E-state index in [9.17, 15) is 4.79 Å². The van der Waals surface area contributed by atoms with E-state index in [-0.39, 0.29) is 5.91 Å². The Kier molecular flexibility index (Phi) is 4.61. The Balaban J connectivity index is 1.30. The zero-order valence-electron chi connectivity index (χ0n) is 14.1. The third-order valence-electron chi connectivity index (χ3n) is 4.45. The van der Waals surface area contributed by atoms with Crippen LogP contribution in [0.4, 0.5) is 5.69 Å². The molecular weight excluding hydrogens is 320 g/mol. The molecule has 1 aromatic carbocycles. The summed E-state index contributed by atoms with van der Waals surface area (Å²) in [6.07, 6.45) is 4.54. The summed E-state index contributed by atoms with van der Waals surface area (Å²) >= 11 is 0. The quantitative estimate of drug-likeness (QED) is 0.838. The van der Waals surface area contributed by atoms with E-state index in [1.54, 1.807) is 6.26 Å². The SMILES string of the molecule is O=C(CCN(Cc1ccco1)C1CC1)Nc1ccc2c(c1)OCCO2. The maximum Gasteiger partial charge on any atom is 0.225 e. The van der Waals surface area contributed by atoms with Crippen LogP contribution in [-0.4, -0.2) is 36.6 Å². The molecule has 1 saturated carbocycles. The Morgan fingerprint density at radius 3 is 2.76 bits per heavy atom. The van der Waals surface area contributed by atoms with Crippen LogP contribution in [-0.2, 0) is 11.3 Å². The summed E-state index contributed by atoms with van der Waals surface area (Å²) in [5.74, 6) is 2.35. The Hall–Kier alpha value is -2.47. The fourth-order valence-corrected chi connectivity index (χ4v) is 3.02. The average molecular weight is 342 g/mol. The van der Waals surface area contributed by atoms with Gasteiger partial charge in [-0.2, -0.15) is 0 Å². The fraction of sp³-hybridized carbons (Fsp3) is 0.421. The first kappa shape index (κ1) is 16.0. The third-order valence-corrected chi connectivity index (χ3v) is 4.45. The van der Waals surface area contributed by atoms with Crippen LogP contribution in [0.15, 0.2) is 41.0 Å². The second-order valence-electron chi connectivity index (χ2n) is 6.44. The van der Waals surface area contributed by atoms with Crippen molar-refractivity contribution in [2.45, 2.75) is 31.8 Å². The smallest absolute Gasteiger partial charge is 0.225 e. The molecule has 25 heavy (non-hydrogen) atoms. The molecule has 0 spiro atoms. The van der Waals surface area contributed by atoms with Crippen LogP contribution in [0.25, 0.3) is 0 Å². The lowest BCUT2D eigenvalue weighted by Crippen LogP contribution is -2.29. The molecule has 0 unspecified atom stereocenters. The van der Waals surface area contributed by atoms with Gasteiger partial charge in [0.15, 0.2) is 11.5 Å². The van der Waals surface area contributed by atoms with Gasteiger partial charge in [-0.15, -0.1) is 0 Å². The second-order valence-corrected chi connectivity index (χ2v) is 6.44. The molecule has 1 amide bonds. The maximum atomic E-state index is 12.3. The van der Waals surface area contributed by atoms with Gasteiger partial charge in [0.1, 0.15) is 19.0 Å². The molecule has 6 heteroatoms. The van der Waals surface area contributed by atoms with E-state index in [1.807, 2.05) is 30.3 Å². The topological polar surface area (TPSA) is 63.9 Å². The Morgan fingerprint density at radius 2 is 2.00 bits per heavy atom. The number of nitrogens with zero attached hydrogens (tertiary/aromatic N) is 1. The summed E-state index contributed by atoms with van der Waals surface area (Å²) in [6.45, 7) is 2.58. The number of nitrogens with one attached hydrogen (secondary N) is 1. The number of benzene rings is 1. The largest absolute Gasteiger partial charge is 0.486 e. The highest BCUT2D eigenvalue weighted by Gasteiger charge is 2.29. The van der Waals surface area contributed by atoms with Crippen LogP contribution in [0, 0.1) is 0 Å². The summed E-state index contributed by atoms with van der Waals surface area (Å²) in [4.78, 5) is 14.6. The van der Waals surface area contributed by atoms with Crippen molar-refractivity contribution in [1.82, 2.24) is 4.90 Å². The van der Waals surface area contributed by atoms with E-state index >= 15 is 0 Å². The Labute approximate surface area is 146 Å². The van der Waals surface area contributed by atoms with Crippen LogP contribution < -0.4 is 14.8 Å². The number of carbonyl (C=O) groups excluding carboxylic acids is 1. The highest BCUT2D eigenvalue weighted by atomic mass is 16.6. The van der Waals surface area contributed by atoms with E-state index in [4.69, 9.17) is 13.9 Å². The molecule has 2 aromatic rings. The van der Waals surface area contributed by atoms with Crippen LogP contribution in [0.5, 0.6) is 11.5 Å². The zero-order valence-corrected chi connectivity index (χ0v) is 14.1. The van der Waals surface area contributed by atoms with Crippen LogP contribution in [0.3, 0.4) is 0 Å². The molecule has 6 nitrogen and oxygen atoms in total. The van der Waals surface area contributed by atoms with Crippen LogP contribution >= 0.6 is 0 Å². The van der Waals surface area contributed by atoms with Crippen molar-refractivity contribution in [1.29, 1.82) is 0 Å². The third kappa shape index (κ3) is 4.14. The van der Waals surface area contributed by atoms with Crippen molar-refractivity contribution in [3.8, 4) is 11.5 Å². The van der Waals surface area contributed by atoms with Crippen molar-refractivity contribution in [3.63, 3.8) is 0 Å². The molecule has 0 bridgehead atoms. The standard InChI is InChI=1S/C19H22N2O4/c22-19(20-14-3-6-17-18(12-14)25-11-10-24-17)7-8-21(15-4-5-15)13-16-2-1-9-23-16/h1-3,6,9,12,15H,4-5,7-8,10-11,13H2,(H,20,22). The predicted molar refractivity (Wildman–Crippen MR) is 92.8 cm³/mol. The van der Waals surface area contributed by atoms with Gasteiger partial charge in [0.25, 0.3) is 0 Å². The first-order valence-electron chi connectivity index (χ1n) is 8.74. The molecule has 1 aliphatic carbocycles. The molecule has 0 atom stereocenters. The van der Waals surface area contributed by atoms with Crippen molar-refractivity contribution in [2.75, 3.05) is 25.1 Å². The number of fused-ring (bicyclic) bond motifs is 1. The summed E-state index contributed by atoms with van der Waals surface area (Å²) in [5, 5.41) is 2.94. The number of hydrogen-bond acceptors (Lipinski definition) is 5. The summed E-state index contributed by atoms with van der Waals surface area (Å²) < 4.78 is 16.5. The predicted octanol–water partition coefficient (Wildman–Crippen LogP) is 3.04. The summed E-state index contributed by atoms with van der Waals surface area (Å²) in [5.41, 5.74) is 0.734. The Bertz CT molecular complexity index is 725. The fourth-order valence-electron chi connectivity index (χ4n) is 3.02. The van der Waals surface area contributed by atoms with Gasteiger partial charge in [0.05, 0.1) is 12.8 Å². The first-order chi connectivity index (χ1) is 12.3. The van der Waals surface area contributed by atoms with Gasteiger partial charge in [-0.3, -0.25) is 9.69 Å². The van der Waals surface area contributed by atoms with Crippen molar-refractivity contribution >= 4 is 11.6 Å². The molecule has 1 N–H and O–H groups in total. The van der Waals surface area contributed by atoms with Gasteiger partial charge < -0.3 is 19.2 Å². The maximum absolute atomic E-state index is 12.3. The monoisotopic (exact) mass is 342 g/mol. The lowest BCUT2D eigenvalue weighted by atomic mass is 10.2. The summed E-state index contributed by atoms with van der Waals surface area (Å²) in [6, 6.07) is 9.94. The lowest BCUT2D eigenvalue weighted by molar-refractivity contribution is -0.116. The number of rotatable bonds is 7. The van der Waals surface area contributed by atoms with Crippen LogP contribution in [0.2, 0.25) is 0 Å². The highest BCUT2D eigenvalue weighted by Crippen LogP contribution is 2.32. The van der Waals surface area contributed by atoms with E-state index in [0.717, 1.165) is 30.3 Å². The number of hydrogen-bond donors (Lipinski definition) is 1. The molecular formula is C19H22N2O4. The second kappa shape index (κ2) is 7.19. The first-order valence-corrected chi connectivity index (χ1v) is 8.74. The zero-order chi connectivity index (χ0) is 17.1. The highest BCUT2D eigenvalue weighted by molar-refractivity contribution is 5.91. The number of ether oxygens (including phenoxy) is 2. The minimum absolute atomic E-state index is 0.00164. The molecule has 0 saturated heterocycles. The molecule has 2 heterocycles. The van der Waals surface area contributed by atoms with Gasteiger partial charge in [0.2, 0.25) is 5.91 Å². The van der Waals surface area contributed by atoms with Gasteiger partial charge in [0, 0.05) is 30.8 Å². The molecule has 1 aliphatic heterocycles. The number of amides is 1. The number of furan rings is 1. The normalized spacial score (nSPS) is 16.0. The molecule has 132 valence electrons. The summed E-state index contributed by atoms with van der Waals surface area (Å²) in [7, 11) is 0. The number of anilines is 1. The van der Waals surface area contributed by atoms with E-state index in [0.29, 0.717) is 31.4 Å². The van der Waals surface area contributed by atoms with Crippen LogP contribution in [0.1, 0.15) is 25.0 Å². The van der Waals surface area contributed by atoms with Gasteiger partial charge >= 0.3 is 0 Å². The molecule has 0 radical (unpaired) electrons. The van der Waals surface area contributed by atoms with Crippen molar-refractivity contribution in [3.05, 3.63) is 42.4 Å². The van der Waals surface area contributed by atoms with Gasteiger partial charge in [-0.05, 0) is 37.1 Å². The molecule has 4 rings (SSSR count). The average Bonchev–Trinajstić information content (AvgIpc) is 3.35. The van der Waals surface area contributed by atoms with Crippen molar-refractivity contribution in [2.24, 2.45) is 0 Å². The molecule has 1 fully saturated rings. The van der Waals surface area contributed by atoms with Gasteiger partial charge in [-0.25, -0.2) is 0 Å². The minimum atomic E-state index is 0.00164. The Morgan fingerprint density at radius 1 is 1.16 bits per heavy atom. The van der Waals surface area contributed by atoms with E-state index < -0.39 is 0 Å². The number of carbonyl (C=O) groups is 1. The van der Waals surface area contributed by atoms with Crippen molar-refractivity contribution < 1.29 is 18.7 Å². The lowest BCUT2D eigenvalue weighted by Gasteiger charge is -2.21. The minimum Gasteiger partial charge on any atom is -0.486 e. The van der Waals surface area contributed by atoms with E-state index in [1.165, 1.54) is 12.8 Å². The molecule has 2 aliphatic rings. The molecule has 1 aromatic heterocycles. The van der Waals surface area contributed by atoms with Gasteiger partial charge in [-0.1, -0.05) is 0 Å². The van der Waals surface area contributed by atoms with E-state index in [2.05, 4.69) is 10.2 Å².